The summed E-state index contributed by atoms with van der Waals surface area (Å²) >= 11 is 5.69. The minimum atomic E-state index is -0.0233. The van der Waals surface area contributed by atoms with Gasteiger partial charge in [0.15, 0.2) is 0 Å². The lowest BCUT2D eigenvalue weighted by molar-refractivity contribution is -0.119. The molecule has 0 aromatic carbocycles. The third kappa shape index (κ3) is 4.65. The van der Waals surface area contributed by atoms with Crippen molar-refractivity contribution >= 4 is 23.2 Å². The maximum absolute atomic E-state index is 11.2. The van der Waals surface area contributed by atoms with Crippen molar-refractivity contribution in [1.29, 1.82) is 0 Å². The Morgan fingerprint density at radius 3 is 3.07 bits per heavy atom. The Morgan fingerprint density at radius 1 is 1.60 bits per heavy atom. The van der Waals surface area contributed by atoms with E-state index in [1.54, 1.807) is 18.3 Å². The van der Waals surface area contributed by atoms with E-state index in [4.69, 9.17) is 11.6 Å². The Labute approximate surface area is 94.0 Å². The Morgan fingerprint density at radius 2 is 2.40 bits per heavy atom. The predicted molar refractivity (Wildman–Crippen MR) is 61.0 cm³/mol. The number of amides is 1. The summed E-state index contributed by atoms with van der Waals surface area (Å²) in [6.07, 6.45) is 2.53. The molecule has 1 heterocycles. The van der Waals surface area contributed by atoms with Crippen LogP contribution in [0.4, 0.5) is 5.69 Å². The highest BCUT2D eigenvalue weighted by Gasteiger charge is 1.99. The van der Waals surface area contributed by atoms with Gasteiger partial charge in [-0.15, -0.1) is 0 Å². The highest BCUT2D eigenvalue weighted by atomic mass is 35.5. The van der Waals surface area contributed by atoms with Crippen molar-refractivity contribution in [3.8, 4) is 0 Å². The molecule has 0 saturated carbocycles. The van der Waals surface area contributed by atoms with E-state index in [-0.39, 0.29) is 12.5 Å². The van der Waals surface area contributed by atoms with Crippen LogP contribution >= 0.6 is 11.6 Å². The van der Waals surface area contributed by atoms with E-state index < -0.39 is 0 Å². The molecular formula is C10H14ClN3O. The first-order valence-electron chi connectivity index (χ1n) is 4.84. The van der Waals surface area contributed by atoms with Gasteiger partial charge in [-0.25, -0.2) is 4.98 Å². The average molecular weight is 228 g/mol. The highest BCUT2D eigenvalue weighted by molar-refractivity contribution is 6.29. The summed E-state index contributed by atoms with van der Waals surface area (Å²) in [4.78, 5) is 15.1. The molecule has 0 aliphatic carbocycles. The normalized spacial score (nSPS) is 9.73. The van der Waals surface area contributed by atoms with Crippen molar-refractivity contribution in [3.05, 3.63) is 23.5 Å². The number of rotatable bonds is 5. The van der Waals surface area contributed by atoms with Crippen molar-refractivity contribution in [1.82, 2.24) is 10.3 Å². The Bertz CT molecular complexity index is 330. The van der Waals surface area contributed by atoms with Gasteiger partial charge in [-0.05, 0) is 18.6 Å². The molecular weight excluding hydrogens is 214 g/mol. The second kappa shape index (κ2) is 6.24. The van der Waals surface area contributed by atoms with Crippen LogP contribution in [-0.2, 0) is 4.79 Å². The largest absolute Gasteiger partial charge is 0.376 e. The number of hydrogen-bond donors (Lipinski definition) is 2. The van der Waals surface area contributed by atoms with Crippen molar-refractivity contribution in [2.45, 2.75) is 13.3 Å². The first-order valence-corrected chi connectivity index (χ1v) is 5.22. The molecule has 0 fully saturated rings. The van der Waals surface area contributed by atoms with Gasteiger partial charge in [0.1, 0.15) is 5.15 Å². The maximum Gasteiger partial charge on any atom is 0.239 e. The van der Waals surface area contributed by atoms with E-state index in [0.29, 0.717) is 11.7 Å². The van der Waals surface area contributed by atoms with Crippen LogP contribution < -0.4 is 10.6 Å². The summed E-state index contributed by atoms with van der Waals surface area (Å²) in [6, 6.07) is 3.44. The minimum Gasteiger partial charge on any atom is -0.376 e. The van der Waals surface area contributed by atoms with Gasteiger partial charge < -0.3 is 10.6 Å². The molecule has 0 radical (unpaired) electrons. The van der Waals surface area contributed by atoms with Gasteiger partial charge >= 0.3 is 0 Å². The lowest BCUT2D eigenvalue weighted by atomic mass is 10.4. The third-order valence-corrected chi connectivity index (χ3v) is 1.96. The van der Waals surface area contributed by atoms with E-state index in [0.717, 1.165) is 12.1 Å². The summed E-state index contributed by atoms with van der Waals surface area (Å²) in [5.74, 6) is -0.0233. The highest BCUT2D eigenvalue weighted by Crippen LogP contribution is 2.10. The number of halogens is 1. The average Bonchev–Trinajstić information content (AvgIpc) is 2.23. The predicted octanol–water partition coefficient (Wildman–Crippen LogP) is 1.67. The molecule has 1 aromatic rings. The second-order valence-electron chi connectivity index (χ2n) is 3.07. The molecule has 1 aromatic heterocycles. The second-order valence-corrected chi connectivity index (χ2v) is 3.46. The maximum atomic E-state index is 11.2. The molecule has 82 valence electrons. The molecule has 0 unspecified atom stereocenters. The van der Waals surface area contributed by atoms with Gasteiger partial charge in [-0.3, -0.25) is 4.79 Å². The number of aromatic nitrogens is 1. The SMILES string of the molecule is CCCNC(=O)CNc1ccnc(Cl)c1. The van der Waals surface area contributed by atoms with E-state index in [1.165, 1.54) is 0 Å². The number of anilines is 1. The van der Waals surface area contributed by atoms with Gasteiger partial charge in [0.2, 0.25) is 5.91 Å². The number of carbonyl (C=O) groups excluding carboxylic acids is 1. The summed E-state index contributed by atoms with van der Waals surface area (Å²) in [7, 11) is 0. The van der Waals surface area contributed by atoms with Crippen LogP contribution in [0, 0.1) is 0 Å². The van der Waals surface area contributed by atoms with Crippen molar-refractivity contribution in [3.63, 3.8) is 0 Å². The first kappa shape index (κ1) is 11.8. The minimum absolute atomic E-state index is 0.0233. The quantitative estimate of drug-likeness (QED) is 0.753. The van der Waals surface area contributed by atoms with Crippen LogP contribution in [0.15, 0.2) is 18.3 Å². The molecule has 4 nitrogen and oxygen atoms in total. The fourth-order valence-electron chi connectivity index (χ4n) is 1.02. The van der Waals surface area contributed by atoms with Gasteiger partial charge in [0, 0.05) is 18.4 Å². The standard InChI is InChI=1S/C10H14ClN3O/c1-2-4-13-10(15)7-14-8-3-5-12-9(11)6-8/h3,5-6H,2,4,7H2,1H3,(H,12,14)(H,13,15). The molecule has 0 aliphatic rings. The van der Waals surface area contributed by atoms with Crippen LogP contribution in [0.2, 0.25) is 5.15 Å². The van der Waals surface area contributed by atoms with Crippen LogP contribution in [-0.4, -0.2) is 24.0 Å². The number of nitrogens with zero attached hydrogens (tertiary/aromatic N) is 1. The van der Waals surface area contributed by atoms with Crippen LogP contribution in [0.25, 0.3) is 0 Å². The molecule has 0 spiro atoms. The van der Waals surface area contributed by atoms with E-state index >= 15 is 0 Å². The van der Waals surface area contributed by atoms with Gasteiger partial charge in [0.05, 0.1) is 6.54 Å². The summed E-state index contributed by atoms with van der Waals surface area (Å²) < 4.78 is 0. The number of hydrogen-bond acceptors (Lipinski definition) is 3. The zero-order chi connectivity index (χ0) is 11.1. The van der Waals surface area contributed by atoms with Crippen LogP contribution in [0.5, 0.6) is 0 Å². The van der Waals surface area contributed by atoms with E-state index in [9.17, 15) is 4.79 Å². The molecule has 2 N–H and O–H groups in total. The Hall–Kier alpha value is -1.29. The zero-order valence-electron chi connectivity index (χ0n) is 8.59. The van der Waals surface area contributed by atoms with Crippen LogP contribution in [0.1, 0.15) is 13.3 Å². The summed E-state index contributed by atoms with van der Waals surface area (Å²) in [6.45, 7) is 2.97. The zero-order valence-corrected chi connectivity index (χ0v) is 9.34. The summed E-state index contributed by atoms with van der Waals surface area (Å²) in [5, 5.41) is 6.14. The first-order chi connectivity index (χ1) is 7.22. The van der Waals surface area contributed by atoms with E-state index in [2.05, 4.69) is 15.6 Å². The lowest BCUT2D eigenvalue weighted by Crippen LogP contribution is -2.30. The lowest BCUT2D eigenvalue weighted by Gasteiger charge is -2.06. The van der Waals surface area contributed by atoms with Crippen LogP contribution in [0.3, 0.4) is 0 Å². The molecule has 15 heavy (non-hydrogen) atoms. The molecule has 0 saturated heterocycles. The molecule has 1 amide bonds. The molecule has 0 bridgehead atoms. The number of nitrogens with one attached hydrogen (secondary N) is 2. The fourth-order valence-corrected chi connectivity index (χ4v) is 1.20. The Balaban J connectivity index is 2.33. The topological polar surface area (TPSA) is 54.0 Å². The van der Waals surface area contributed by atoms with Gasteiger partial charge in [-0.2, -0.15) is 0 Å². The fraction of sp³-hybridized carbons (Fsp3) is 0.400. The van der Waals surface area contributed by atoms with Gasteiger partial charge in [-0.1, -0.05) is 18.5 Å². The van der Waals surface area contributed by atoms with Crippen molar-refractivity contribution in [2.75, 3.05) is 18.4 Å². The number of carbonyl (C=O) groups is 1. The molecule has 0 aliphatic heterocycles. The van der Waals surface area contributed by atoms with E-state index in [1.807, 2.05) is 6.92 Å². The smallest absolute Gasteiger partial charge is 0.239 e. The third-order valence-electron chi connectivity index (χ3n) is 1.75. The molecule has 1 rings (SSSR count). The summed E-state index contributed by atoms with van der Waals surface area (Å²) in [5.41, 5.74) is 0.793. The van der Waals surface area contributed by atoms with Crippen molar-refractivity contribution in [2.24, 2.45) is 0 Å². The Kier molecular flexibility index (Phi) is 4.90. The molecule has 5 heteroatoms. The van der Waals surface area contributed by atoms with Crippen molar-refractivity contribution < 1.29 is 4.79 Å². The monoisotopic (exact) mass is 227 g/mol. The number of pyridine rings is 1. The molecule has 0 atom stereocenters. The van der Waals surface area contributed by atoms with Gasteiger partial charge in [0.25, 0.3) is 0 Å².